The second kappa shape index (κ2) is 5.95. The molecule has 0 atom stereocenters. The summed E-state index contributed by atoms with van der Waals surface area (Å²) in [5.74, 6) is 6.73. The largest absolute Gasteiger partial charge is 0.366 e. The molecule has 0 spiro atoms. The van der Waals surface area contributed by atoms with Crippen LogP contribution in [0.25, 0.3) is 0 Å². The van der Waals surface area contributed by atoms with E-state index in [0.717, 1.165) is 4.88 Å². The molecule has 0 fully saturated rings. The third-order valence-electron chi connectivity index (χ3n) is 1.99. The van der Waals surface area contributed by atoms with Gasteiger partial charge in [0.15, 0.2) is 0 Å². The Morgan fingerprint density at radius 3 is 2.60 bits per heavy atom. The molecule has 1 aromatic rings. The Balaban J connectivity index is 2.49. The van der Waals surface area contributed by atoms with Crippen molar-refractivity contribution in [1.82, 2.24) is 0 Å². The third kappa shape index (κ3) is 4.51. The number of hydrogen-bond donors (Lipinski definition) is 0. The summed E-state index contributed by atoms with van der Waals surface area (Å²) in [7, 11) is 0. The summed E-state index contributed by atoms with van der Waals surface area (Å²) in [5, 5.41) is 2.18. The summed E-state index contributed by atoms with van der Waals surface area (Å²) in [6, 6.07) is 2.16. The minimum Gasteiger partial charge on any atom is -0.366 e. The molecule has 0 aliphatic heterocycles. The van der Waals surface area contributed by atoms with Gasteiger partial charge in [0.25, 0.3) is 0 Å². The molecule has 1 nitrogen and oxygen atoms in total. The van der Waals surface area contributed by atoms with Crippen LogP contribution in [0.2, 0.25) is 0 Å². The minimum absolute atomic E-state index is 0.258. The van der Waals surface area contributed by atoms with Crippen molar-refractivity contribution < 1.29 is 4.74 Å². The van der Waals surface area contributed by atoms with Crippen LogP contribution >= 0.6 is 11.3 Å². The first-order valence-corrected chi connectivity index (χ1v) is 6.16. The molecule has 15 heavy (non-hydrogen) atoms. The Bertz CT molecular complexity index is 352. The number of hydrogen-bond acceptors (Lipinski definition) is 2. The van der Waals surface area contributed by atoms with Gasteiger partial charge >= 0.3 is 0 Å². The van der Waals surface area contributed by atoms with Gasteiger partial charge in [0.1, 0.15) is 6.61 Å². The number of rotatable bonds is 3. The highest BCUT2D eigenvalue weighted by molar-refractivity contribution is 7.10. The van der Waals surface area contributed by atoms with Gasteiger partial charge in [-0.25, -0.2) is 0 Å². The first-order valence-electron chi connectivity index (χ1n) is 5.28. The van der Waals surface area contributed by atoms with Crippen LogP contribution in [0.5, 0.6) is 0 Å². The van der Waals surface area contributed by atoms with Gasteiger partial charge < -0.3 is 4.74 Å². The predicted octanol–water partition coefficient (Wildman–Crippen LogP) is 3.65. The maximum atomic E-state index is 5.35. The van der Waals surface area contributed by atoms with Crippen LogP contribution in [0, 0.1) is 11.8 Å². The molecule has 0 N–H and O–H groups in total. The minimum atomic E-state index is 0.258. The van der Waals surface area contributed by atoms with Gasteiger partial charge in [0, 0.05) is 0 Å². The van der Waals surface area contributed by atoms with Crippen LogP contribution in [0.4, 0.5) is 0 Å². The lowest BCUT2D eigenvalue weighted by Gasteiger charge is -2.00. The Labute approximate surface area is 96.5 Å². The zero-order valence-corrected chi connectivity index (χ0v) is 10.6. The monoisotopic (exact) mass is 222 g/mol. The smallest absolute Gasteiger partial charge is 0.108 e. The third-order valence-corrected chi connectivity index (χ3v) is 2.85. The van der Waals surface area contributed by atoms with Gasteiger partial charge in [-0.1, -0.05) is 25.7 Å². The molecular weight excluding hydrogens is 204 g/mol. The first-order chi connectivity index (χ1) is 7.09. The lowest BCUT2D eigenvalue weighted by atomic mass is 10.1. The molecule has 0 aliphatic carbocycles. The first kappa shape index (κ1) is 12.3. The fourth-order valence-electron chi connectivity index (χ4n) is 1.05. The van der Waals surface area contributed by atoms with Crippen LogP contribution in [0.1, 0.15) is 44.1 Å². The molecule has 0 unspecified atom stereocenters. The van der Waals surface area contributed by atoms with E-state index < -0.39 is 0 Å². The van der Waals surface area contributed by atoms with Gasteiger partial charge in [0.2, 0.25) is 0 Å². The maximum Gasteiger partial charge on any atom is 0.108 e. The van der Waals surface area contributed by atoms with E-state index in [2.05, 4.69) is 37.1 Å². The van der Waals surface area contributed by atoms with Crippen molar-refractivity contribution in [3.8, 4) is 11.8 Å². The molecule has 0 aromatic carbocycles. The standard InChI is InChI=1S/C13H18OS/c1-10(2)12-8-13(15-9-12)6-5-7-14-11(3)4/h8-11H,7H2,1-4H3. The average molecular weight is 222 g/mol. The topological polar surface area (TPSA) is 9.23 Å². The lowest BCUT2D eigenvalue weighted by Crippen LogP contribution is -2.01. The van der Waals surface area contributed by atoms with E-state index in [1.807, 2.05) is 13.8 Å². The van der Waals surface area contributed by atoms with Crippen LogP contribution in [-0.2, 0) is 4.74 Å². The predicted molar refractivity (Wildman–Crippen MR) is 66.4 cm³/mol. The van der Waals surface area contributed by atoms with E-state index in [1.54, 1.807) is 11.3 Å². The van der Waals surface area contributed by atoms with Crippen molar-refractivity contribution in [3.63, 3.8) is 0 Å². The molecule has 0 saturated carbocycles. The van der Waals surface area contributed by atoms with Gasteiger partial charge in [-0.2, -0.15) is 0 Å². The zero-order chi connectivity index (χ0) is 11.3. The van der Waals surface area contributed by atoms with Crippen molar-refractivity contribution in [2.45, 2.75) is 39.7 Å². The molecule has 0 aliphatic rings. The lowest BCUT2D eigenvalue weighted by molar-refractivity contribution is 0.107. The maximum absolute atomic E-state index is 5.35. The van der Waals surface area contributed by atoms with Crippen LogP contribution in [-0.4, -0.2) is 12.7 Å². The van der Waals surface area contributed by atoms with Crippen molar-refractivity contribution in [2.75, 3.05) is 6.61 Å². The van der Waals surface area contributed by atoms with E-state index in [4.69, 9.17) is 4.74 Å². The molecule has 2 heteroatoms. The summed E-state index contributed by atoms with van der Waals surface area (Å²) in [5.41, 5.74) is 1.37. The van der Waals surface area contributed by atoms with E-state index in [9.17, 15) is 0 Å². The number of thiophene rings is 1. The van der Waals surface area contributed by atoms with Gasteiger partial charge in [-0.3, -0.25) is 0 Å². The van der Waals surface area contributed by atoms with E-state index in [-0.39, 0.29) is 6.10 Å². The van der Waals surface area contributed by atoms with E-state index in [1.165, 1.54) is 5.56 Å². The Morgan fingerprint density at radius 1 is 1.33 bits per heavy atom. The van der Waals surface area contributed by atoms with Crippen LogP contribution in [0.3, 0.4) is 0 Å². The Morgan fingerprint density at radius 2 is 2.07 bits per heavy atom. The summed E-state index contributed by atoms with van der Waals surface area (Å²) in [4.78, 5) is 1.13. The quantitative estimate of drug-likeness (QED) is 0.709. The van der Waals surface area contributed by atoms with Crippen LogP contribution in [0.15, 0.2) is 11.4 Å². The summed E-state index contributed by atoms with van der Waals surface area (Å²) in [6.45, 7) is 8.95. The molecule has 0 bridgehead atoms. The fourth-order valence-corrected chi connectivity index (χ4v) is 1.99. The second-order valence-electron chi connectivity index (χ2n) is 4.06. The SMILES string of the molecule is CC(C)OCC#Cc1cc(C(C)C)cs1. The highest BCUT2D eigenvalue weighted by Crippen LogP contribution is 2.20. The van der Waals surface area contributed by atoms with E-state index in [0.29, 0.717) is 12.5 Å². The molecular formula is C13H18OS. The van der Waals surface area contributed by atoms with Crippen molar-refractivity contribution >= 4 is 11.3 Å². The molecule has 1 aromatic heterocycles. The van der Waals surface area contributed by atoms with Crippen LogP contribution < -0.4 is 0 Å². The molecule has 0 saturated heterocycles. The Kier molecular flexibility index (Phi) is 4.87. The molecule has 0 radical (unpaired) electrons. The summed E-state index contributed by atoms with van der Waals surface area (Å²) < 4.78 is 5.35. The summed E-state index contributed by atoms with van der Waals surface area (Å²) >= 11 is 1.71. The van der Waals surface area contributed by atoms with Crippen molar-refractivity contribution in [1.29, 1.82) is 0 Å². The molecule has 1 rings (SSSR count). The Hall–Kier alpha value is -0.780. The second-order valence-corrected chi connectivity index (χ2v) is 4.97. The highest BCUT2D eigenvalue weighted by Gasteiger charge is 2.00. The number of ether oxygens (including phenoxy) is 1. The average Bonchev–Trinajstić information content (AvgIpc) is 2.60. The summed E-state index contributed by atoms with van der Waals surface area (Å²) in [6.07, 6.45) is 0.258. The highest BCUT2D eigenvalue weighted by atomic mass is 32.1. The zero-order valence-electron chi connectivity index (χ0n) is 9.83. The van der Waals surface area contributed by atoms with Gasteiger partial charge in [-0.05, 0) is 36.8 Å². The fraction of sp³-hybridized carbons (Fsp3) is 0.538. The van der Waals surface area contributed by atoms with Gasteiger partial charge in [0.05, 0.1) is 11.0 Å². The van der Waals surface area contributed by atoms with Gasteiger partial charge in [-0.15, -0.1) is 11.3 Å². The normalized spacial score (nSPS) is 10.5. The van der Waals surface area contributed by atoms with Crippen molar-refractivity contribution in [3.05, 3.63) is 21.9 Å². The molecule has 82 valence electrons. The van der Waals surface area contributed by atoms with E-state index >= 15 is 0 Å². The molecule has 1 heterocycles. The molecule has 0 amide bonds. The van der Waals surface area contributed by atoms with Crippen molar-refractivity contribution in [2.24, 2.45) is 0 Å².